The molecule has 7 nitrogen and oxygen atoms in total. The molecule has 2 heterocycles. The van der Waals surface area contributed by atoms with Crippen molar-refractivity contribution in [1.82, 2.24) is 14.7 Å². The van der Waals surface area contributed by atoms with Gasteiger partial charge in [-0.3, -0.25) is 19.4 Å². The third-order valence-electron chi connectivity index (χ3n) is 7.94. The number of carbonyl (C=O) groups excluding carboxylic acids is 3. The summed E-state index contributed by atoms with van der Waals surface area (Å²) in [7, 11) is 3.40. The number of hydrogen-bond donors (Lipinski definition) is 0. The lowest BCUT2D eigenvalue weighted by atomic mass is 9.79. The summed E-state index contributed by atoms with van der Waals surface area (Å²) in [4.78, 5) is 42.6. The van der Waals surface area contributed by atoms with E-state index < -0.39 is 0 Å². The zero-order valence-electron chi connectivity index (χ0n) is 21.2. The van der Waals surface area contributed by atoms with Crippen LogP contribution < -0.4 is 4.74 Å². The van der Waals surface area contributed by atoms with Gasteiger partial charge in [-0.05, 0) is 74.5 Å². The Kier molecular flexibility index (Phi) is 7.10. The molecule has 0 bridgehead atoms. The molecule has 36 heavy (non-hydrogen) atoms. The van der Waals surface area contributed by atoms with Crippen molar-refractivity contribution in [3.05, 3.63) is 64.7 Å². The van der Waals surface area contributed by atoms with Gasteiger partial charge in [0.2, 0.25) is 0 Å². The van der Waals surface area contributed by atoms with Gasteiger partial charge >= 0.3 is 6.09 Å². The second-order valence-corrected chi connectivity index (χ2v) is 10.3. The SMILES string of the molecule is CN(C)C(=O)Oc1cccc2c1CC[C@H]1[C@@H]2CCN1CCCCCCN1C(=O)c2ccccc2C1=O. The fourth-order valence-corrected chi connectivity index (χ4v) is 6.09. The maximum Gasteiger partial charge on any atom is 0.414 e. The Balaban J connectivity index is 1.08. The van der Waals surface area contributed by atoms with Crippen molar-refractivity contribution in [1.29, 1.82) is 0 Å². The standard InChI is InChI=1S/C29H35N3O4/c1-30(2)29(35)36-26-13-9-12-20-21-16-19-31(25(21)15-14-22(20)26)17-7-3-4-8-18-32-27(33)23-10-5-6-11-24(23)28(32)34/h5-6,9-13,21,25H,3-4,7-8,14-19H2,1-2H3/t21-,25+/m1/s1. The summed E-state index contributed by atoms with van der Waals surface area (Å²) in [5, 5.41) is 0. The molecular formula is C29H35N3O4. The number of rotatable bonds is 8. The van der Waals surface area contributed by atoms with Crippen molar-refractivity contribution in [2.45, 2.75) is 56.9 Å². The fraction of sp³-hybridized carbons (Fsp3) is 0.483. The van der Waals surface area contributed by atoms with Crippen LogP contribution in [0.4, 0.5) is 4.79 Å². The van der Waals surface area contributed by atoms with Crippen LogP contribution in [0.1, 0.15) is 76.3 Å². The zero-order valence-corrected chi connectivity index (χ0v) is 21.2. The first-order valence-electron chi connectivity index (χ1n) is 13.2. The zero-order chi connectivity index (χ0) is 25.2. The molecule has 0 N–H and O–H groups in total. The number of nitrogens with zero attached hydrogens (tertiary/aromatic N) is 3. The first-order valence-corrected chi connectivity index (χ1v) is 13.2. The predicted octanol–water partition coefficient (Wildman–Crippen LogP) is 4.71. The highest BCUT2D eigenvalue weighted by molar-refractivity contribution is 6.21. The topological polar surface area (TPSA) is 70.2 Å². The van der Waals surface area contributed by atoms with Crippen LogP contribution in [0.15, 0.2) is 42.5 Å². The Morgan fingerprint density at radius 1 is 0.917 bits per heavy atom. The Hall–Kier alpha value is -3.19. The Morgan fingerprint density at radius 2 is 1.61 bits per heavy atom. The number of carbonyl (C=O) groups is 3. The van der Waals surface area contributed by atoms with Crippen molar-refractivity contribution < 1.29 is 19.1 Å². The third kappa shape index (κ3) is 4.64. The molecule has 2 aliphatic heterocycles. The van der Waals surface area contributed by atoms with Gasteiger partial charge in [-0.1, -0.05) is 37.1 Å². The molecule has 0 unspecified atom stereocenters. The van der Waals surface area contributed by atoms with E-state index in [0.29, 0.717) is 35.4 Å². The quantitative estimate of drug-likeness (QED) is 0.397. The van der Waals surface area contributed by atoms with E-state index in [1.807, 2.05) is 12.1 Å². The molecule has 0 saturated carbocycles. The lowest BCUT2D eigenvalue weighted by Crippen LogP contribution is -2.36. The van der Waals surface area contributed by atoms with Crippen molar-refractivity contribution in [3.8, 4) is 5.75 Å². The van der Waals surface area contributed by atoms with Gasteiger partial charge in [-0.25, -0.2) is 4.79 Å². The average molecular weight is 490 g/mol. The number of amides is 3. The second-order valence-electron chi connectivity index (χ2n) is 10.3. The molecule has 0 radical (unpaired) electrons. The molecular weight excluding hydrogens is 454 g/mol. The minimum Gasteiger partial charge on any atom is -0.410 e. The van der Waals surface area contributed by atoms with Gasteiger partial charge in [0.05, 0.1) is 11.1 Å². The maximum atomic E-state index is 12.5. The number of likely N-dealkylation sites (tertiary alicyclic amines) is 1. The summed E-state index contributed by atoms with van der Waals surface area (Å²) in [6.07, 6.45) is 6.91. The first kappa shape index (κ1) is 24.5. The third-order valence-corrected chi connectivity index (χ3v) is 7.94. The lowest BCUT2D eigenvalue weighted by Gasteiger charge is -2.34. The van der Waals surface area contributed by atoms with Gasteiger partial charge in [0.25, 0.3) is 11.8 Å². The Morgan fingerprint density at radius 3 is 2.31 bits per heavy atom. The average Bonchev–Trinajstić information content (AvgIpc) is 3.40. The van der Waals surface area contributed by atoms with Gasteiger partial charge in [0, 0.05) is 32.6 Å². The summed E-state index contributed by atoms with van der Waals surface area (Å²) in [5.41, 5.74) is 3.61. The summed E-state index contributed by atoms with van der Waals surface area (Å²) in [6, 6.07) is 13.8. The van der Waals surface area contributed by atoms with Gasteiger partial charge in [0.1, 0.15) is 5.75 Å². The van der Waals surface area contributed by atoms with Crippen molar-refractivity contribution >= 4 is 17.9 Å². The summed E-state index contributed by atoms with van der Waals surface area (Å²) in [5.74, 6) is 0.897. The van der Waals surface area contributed by atoms with Crippen LogP contribution in [0.5, 0.6) is 5.75 Å². The van der Waals surface area contributed by atoms with Crippen LogP contribution in [0.25, 0.3) is 0 Å². The highest BCUT2D eigenvalue weighted by Gasteiger charge is 2.39. The molecule has 0 aromatic heterocycles. The molecule has 2 atom stereocenters. The molecule has 2 aromatic carbocycles. The maximum absolute atomic E-state index is 12.5. The Labute approximate surface area is 213 Å². The van der Waals surface area contributed by atoms with E-state index in [1.54, 1.807) is 38.4 Å². The Bertz CT molecular complexity index is 1130. The van der Waals surface area contributed by atoms with Crippen LogP contribution in [-0.4, -0.2) is 72.4 Å². The van der Waals surface area contributed by atoms with Crippen LogP contribution in [-0.2, 0) is 6.42 Å². The summed E-state index contributed by atoms with van der Waals surface area (Å²) < 4.78 is 5.65. The number of imide groups is 1. The predicted molar refractivity (Wildman–Crippen MR) is 137 cm³/mol. The van der Waals surface area contributed by atoms with Crippen molar-refractivity contribution in [2.75, 3.05) is 33.7 Å². The molecule has 1 saturated heterocycles. The molecule has 7 heteroatoms. The van der Waals surface area contributed by atoms with E-state index in [4.69, 9.17) is 4.74 Å². The van der Waals surface area contributed by atoms with Gasteiger partial charge in [-0.2, -0.15) is 0 Å². The number of unbranched alkanes of at least 4 members (excludes halogenated alkanes) is 3. The van der Waals surface area contributed by atoms with Crippen LogP contribution in [0.3, 0.4) is 0 Å². The van der Waals surface area contributed by atoms with E-state index in [0.717, 1.165) is 58.0 Å². The molecule has 3 amide bonds. The van der Waals surface area contributed by atoms with E-state index in [-0.39, 0.29) is 17.9 Å². The molecule has 0 spiro atoms. The molecule has 1 aliphatic carbocycles. The number of ether oxygens (including phenoxy) is 1. The van der Waals surface area contributed by atoms with Gasteiger partial charge < -0.3 is 9.64 Å². The largest absolute Gasteiger partial charge is 0.414 e. The van der Waals surface area contributed by atoms with E-state index >= 15 is 0 Å². The van der Waals surface area contributed by atoms with E-state index in [2.05, 4.69) is 11.0 Å². The van der Waals surface area contributed by atoms with Crippen molar-refractivity contribution in [2.24, 2.45) is 0 Å². The minimum absolute atomic E-state index is 0.157. The molecule has 1 fully saturated rings. The van der Waals surface area contributed by atoms with Gasteiger partial charge in [-0.15, -0.1) is 0 Å². The first-order chi connectivity index (χ1) is 17.5. The van der Waals surface area contributed by atoms with Gasteiger partial charge in [0.15, 0.2) is 0 Å². The number of hydrogen-bond acceptors (Lipinski definition) is 5. The normalized spacial score (nSPS) is 20.8. The molecule has 2 aromatic rings. The number of fused-ring (bicyclic) bond motifs is 4. The molecule has 5 rings (SSSR count). The minimum atomic E-state index is -0.332. The smallest absolute Gasteiger partial charge is 0.410 e. The van der Waals surface area contributed by atoms with Crippen LogP contribution in [0, 0.1) is 0 Å². The fourth-order valence-electron chi connectivity index (χ4n) is 6.09. The molecule has 190 valence electrons. The highest BCUT2D eigenvalue weighted by Crippen LogP contribution is 2.44. The summed E-state index contributed by atoms with van der Waals surface area (Å²) >= 11 is 0. The van der Waals surface area contributed by atoms with E-state index in [9.17, 15) is 14.4 Å². The summed E-state index contributed by atoms with van der Waals surface area (Å²) in [6.45, 7) is 2.68. The monoisotopic (exact) mass is 489 g/mol. The van der Waals surface area contributed by atoms with Crippen molar-refractivity contribution in [3.63, 3.8) is 0 Å². The van der Waals surface area contributed by atoms with Crippen LogP contribution >= 0.6 is 0 Å². The molecule has 3 aliphatic rings. The number of benzene rings is 2. The van der Waals surface area contributed by atoms with Crippen LogP contribution in [0.2, 0.25) is 0 Å². The highest BCUT2D eigenvalue weighted by atomic mass is 16.6. The lowest BCUT2D eigenvalue weighted by molar-refractivity contribution is 0.0651. The van der Waals surface area contributed by atoms with E-state index in [1.165, 1.54) is 20.9 Å². The second kappa shape index (κ2) is 10.4.